The van der Waals surface area contributed by atoms with Crippen LogP contribution in [0.25, 0.3) is 0 Å². The number of hydrogen-bond donors (Lipinski definition) is 1. The first kappa shape index (κ1) is 8.95. The maximum absolute atomic E-state index is 5.58. The zero-order valence-corrected chi connectivity index (χ0v) is 8.90. The predicted octanol–water partition coefficient (Wildman–Crippen LogP) is 3.04. The van der Waals surface area contributed by atoms with Crippen molar-refractivity contribution in [1.29, 1.82) is 0 Å². The number of hydrogen-bond acceptors (Lipinski definition) is 2. The summed E-state index contributed by atoms with van der Waals surface area (Å²) in [5.74, 6) is 1.02. The smallest absolute Gasteiger partial charge is 0.123 e. The van der Waals surface area contributed by atoms with Gasteiger partial charge in [0.15, 0.2) is 0 Å². The second-order valence-corrected chi connectivity index (χ2v) is 4.68. The largest absolute Gasteiger partial charge is 0.493 e. The zero-order chi connectivity index (χ0) is 9.47. The van der Waals surface area contributed by atoms with Crippen molar-refractivity contribution in [2.45, 2.75) is 30.6 Å². The molecule has 1 nitrogen and oxygen atoms in total. The third-order valence-corrected chi connectivity index (χ3v) is 2.96. The van der Waals surface area contributed by atoms with Crippen molar-refractivity contribution >= 4 is 12.6 Å². The van der Waals surface area contributed by atoms with E-state index in [-0.39, 0.29) is 5.41 Å². The van der Waals surface area contributed by atoms with Crippen molar-refractivity contribution in [1.82, 2.24) is 0 Å². The van der Waals surface area contributed by atoms with Crippen LogP contribution >= 0.6 is 12.6 Å². The van der Waals surface area contributed by atoms with Crippen LogP contribution in [0.2, 0.25) is 0 Å². The van der Waals surface area contributed by atoms with Crippen LogP contribution in [0.1, 0.15) is 25.8 Å². The van der Waals surface area contributed by atoms with E-state index >= 15 is 0 Å². The minimum Gasteiger partial charge on any atom is -0.493 e. The van der Waals surface area contributed by atoms with Crippen LogP contribution in [0.15, 0.2) is 23.1 Å². The molecule has 2 rings (SSSR count). The van der Waals surface area contributed by atoms with Gasteiger partial charge in [-0.25, -0.2) is 0 Å². The van der Waals surface area contributed by atoms with Gasteiger partial charge in [-0.3, -0.25) is 0 Å². The lowest BCUT2D eigenvalue weighted by Crippen LogP contribution is -2.26. The SMILES string of the molecule is CC1(C)CCOc2ccc(S)cc21. The van der Waals surface area contributed by atoms with Crippen molar-refractivity contribution in [3.8, 4) is 5.75 Å². The van der Waals surface area contributed by atoms with Crippen molar-refractivity contribution in [3.63, 3.8) is 0 Å². The molecule has 0 radical (unpaired) electrons. The van der Waals surface area contributed by atoms with Crippen LogP contribution in [0.4, 0.5) is 0 Å². The van der Waals surface area contributed by atoms with Gasteiger partial charge in [0.1, 0.15) is 5.75 Å². The van der Waals surface area contributed by atoms with Gasteiger partial charge in [0, 0.05) is 10.5 Å². The summed E-state index contributed by atoms with van der Waals surface area (Å²) in [6, 6.07) is 6.10. The fourth-order valence-electron chi connectivity index (χ4n) is 1.72. The molecule has 2 heteroatoms. The lowest BCUT2D eigenvalue weighted by atomic mass is 9.80. The van der Waals surface area contributed by atoms with Gasteiger partial charge in [-0.15, -0.1) is 12.6 Å². The number of thiol groups is 1. The first-order valence-electron chi connectivity index (χ1n) is 4.56. The Morgan fingerprint density at radius 3 is 2.92 bits per heavy atom. The van der Waals surface area contributed by atoms with Gasteiger partial charge in [0.25, 0.3) is 0 Å². The third-order valence-electron chi connectivity index (χ3n) is 2.68. The van der Waals surface area contributed by atoms with Crippen molar-refractivity contribution in [3.05, 3.63) is 23.8 Å². The highest BCUT2D eigenvalue weighted by atomic mass is 32.1. The van der Waals surface area contributed by atoms with Crippen LogP contribution in [0, 0.1) is 0 Å². The average Bonchev–Trinajstić information content (AvgIpc) is 2.06. The molecule has 1 aliphatic rings. The molecule has 0 bridgehead atoms. The topological polar surface area (TPSA) is 9.23 Å². The van der Waals surface area contributed by atoms with E-state index in [9.17, 15) is 0 Å². The van der Waals surface area contributed by atoms with Gasteiger partial charge < -0.3 is 4.74 Å². The van der Waals surface area contributed by atoms with Gasteiger partial charge in [-0.1, -0.05) is 13.8 Å². The third kappa shape index (κ3) is 1.55. The molecule has 1 aromatic carbocycles. The summed E-state index contributed by atoms with van der Waals surface area (Å²) in [6.45, 7) is 5.33. The minimum atomic E-state index is 0.228. The van der Waals surface area contributed by atoms with E-state index in [1.54, 1.807) is 0 Å². The van der Waals surface area contributed by atoms with Gasteiger partial charge in [-0.2, -0.15) is 0 Å². The van der Waals surface area contributed by atoms with E-state index in [0.29, 0.717) is 0 Å². The fraction of sp³-hybridized carbons (Fsp3) is 0.455. The van der Waals surface area contributed by atoms with Crippen LogP contribution in [0.5, 0.6) is 5.75 Å². The van der Waals surface area contributed by atoms with Gasteiger partial charge >= 0.3 is 0 Å². The quantitative estimate of drug-likeness (QED) is 0.625. The van der Waals surface area contributed by atoms with Crippen LogP contribution in [0.3, 0.4) is 0 Å². The van der Waals surface area contributed by atoms with E-state index < -0.39 is 0 Å². The molecule has 0 N–H and O–H groups in total. The molecular weight excluding hydrogens is 180 g/mol. The normalized spacial score (nSPS) is 19.0. The Hall–Kier alpha value is -0.630. The summed E-state index contributed by atoms with van der Waals surface area (Å²) in [7, 11) is 0. The average molecular weight is 194 g/mol. The Morgan fingerprint density at radius 1 is 1.38 bits per heavy atom. The van der Waals surface area contributed by atoms with E-state index in [2.05, 4.69) is 32.5 Å². The summed E-state index contributed by atoms with van der Waals surface area (Å²) in [5.41, 5.74) is 1.51. The van der Waals surface area contributed by atoms with Crippen LogP contribution < -0.4 is 4.74 Å². The number of rotatable bonds is 0. The Morgan fingerprint density at radius 2 is 2.15 bits per heavy atom. The lowest BCUT2D eigenvalue weighted by Gasteiger charge is -2.32. The van der Waals surface area contributed by atoms with Gasteiger partial charge in [0.05, 0.1) is 6.61 Å². The molecule has 0 aliphatic carbocycles. The van der Waals surface area contributed by atoms with Crippen molar-refractivity contribution < 1.29 is 4.74 Å². The Bertz CT molecular complexity index is 331. The molecule has 1 heterocycles. The summed E-state index contributed by atoms with van der Waals surface area (Å²) < 4.78 is 5.58. The second-order valence-electron chi connectivity index (χ2n) is 4.16. The van der Waals surface area contributed by atoms with Crippen LogP contribution in [-0.2, 0) is 5.41 Å². The molecule has 0 spiro atoms. The van der Waals surface area contributed by atoms with E-state index in [1.807, 2.05) is 12.1 Å². The molecule has 0 saturated carbocycles. The highest BCUT2D eigenvalue weighted by Gasteiger charge is 2.28. The van der Waals surface area contributed by atoms with Crippen LogP contribution in [-0.4, -0.2) is 6.61 Å². The van der Waals surface area contributed by atoms with E-state index in [1.165, 1.54) is 5.56 Å². The van der Waals surface area contributed by atoms with Gasteiger partial charge in [0.2, 0.25) is 0 Å². The van der Waals surface area contributed by atoms with Gasteiger partial charge in [-0.05, 0) is 30.0 Å². The molecule has 0 amide bonds. The zero-order valence-electron chi connectivity index (χ0n) is 8.00. The molecule has 0 atom stereocenters. The fourth-order valence-corrected chi connectivity index (χ4v) is 1.93. The Labute approximate surface area is 84.5 Å². The molecule has 0 unspecified atom stereocenters. The van der Waals surface area contributed by atoms with E-state index in [0.717, 1.165) is 23.7 Å². The highest BCUT2D eigenvalue weighted by molar-refractivity contribution is 7.80. The molecule has 0 fully saturated rings. The lowest BCUT2D eigenvalue weighted by molar-refractivity contribution is 0.233. The molecular formula is C11H14OS. The summed E-state index contributed by atoms with van der Waals surface area (Å²) in [5, 5.41) is 0. The highest BCUT2D eigenvalue weighted by Crippen LogP contribution is 2.39. The molecule has 13 heavy (non-hydrogen) atoms. The number of fused-ring (bicyclic) bond motifs is 1. The second kappa shape index (κ2) is 2.95. The molecule has 0 aromatic heterocycles. The monoisotopic (exact) mass is 194 g/mol. The summed E-state index contributed by atoms with van der Waals surface area (Å²) in [6.07, 6.45) is 1.08. The summed E-state index contributed by atoms with van der Waals surface area (Å²) >= 11 is 4.34. The van der Waals surface area contributed by atoms with E-state index in [4.69, 9.17) is 4.74 Å². The molecule has 0 saturated heterocycles. The Kier molecular flexibility index (Phi) is 2.03. The molecule has 70 valence electrons. The van der Waals surface area contributed by atoms with Crippen molar-refractivity contribution in [2.75, 3.05) is 6.61 Å². The minimum absolute atomic E-state index is 0.228. The first-order chi connectivity index (χ1) is 6.09. The van der Waals surface area contributed by atoms with Crippen molar-refractivity contribution in [2.24, 2.45) is 0 Å². The number of benzene rings is 1. The Balaban J connectivity index is 2.55. The first-order valence-corrected chi connectivity index (χ1v) is 5.01. The number of ether oxygens (including phenoxy) is 1. The molecule has 1 aromatic rings. The molecule has 1 aliphatic heterocycles. The maximum atomic E-state index is 5.58. The summed E-state index contributed by atoms with van der Waals surface area (Å²) in [4.78, 5) is 1.01. The predicted molar refractivity (Wildman–Crippen MR) is 56.8 cm³/mol. The standard InChI is InChI=1S/C11H14OS/c1-11(2)5-6-12-10-4-3-8(13)7-9(10)11/h3-4,7,13H,5-6H2,1-2H3. The maximum Gasteiger partial charge on any atom is 0.123 e.